The molecular weight excluding hydrogens is 388 g/mol. The van der Waals surface area contributed by atoms with E-state index in [2.05, 4.69) is 20.6 Å². The van der Waals surface area contributed by atoms with Gasteiger partial charge in [0.25, 0.3) is 0 Å². The number of rotatable bonds is 5. The lowest BCUT2D eigenvalue weighted by Crippen LogP contribution is -2.49. The summed E-state index contributed by atoms with van der Waals surface area (Å²) < 4.78 is 7.07. The highest BCUT2D eigenvalue weighted by atomic mass is 16.3. The Morgan fingerprint density at radius 3 is 2.70 bits per heavy atom. The standard InChI is InChI=1S/C20H28N6O4/c1-20(2,3)17(19(29)25-8-12(27)7-14(25)18(28)21-4)26-9-13(23-24-26)15-16(11-5-6-11)30-10-22-15/h9-12,14,17,27H,5-8H2,1-4H3,(H,21,28)/t12?,14-,17?/m1/s1. The number of likely N-dealkylation sites (N-methyl/N-ethyl adjacent to an activating group) is 1. The summed E-state index contributed by atoms with van der Waals surface area (Å²) in [6.07, 6.45) is 4.73. The number of aliphatic hydroxyl groups excluding tert-OH is 1. The molecule has 2 aromatic heterocycles. The second kappa shape index (κ2) is 7.50. The minimum atomic E-state index is -0.737. The normalized spacial score (nSPS) is 22.9. The van der Waals surface area contributed by atoms with Gasteiger partial charge in [0.15, 0.2) is 6.39 Å². The molecule has 10 nitrogen and oxygen atoms in total. The summed E-state index contributed by atoms with van der Waals surface area (Å²) in [5, 5.41) is 21.2. The number of aliphatic hydroxyl groups is 1. The van der Waals surface area contributed by atoms with Gasteiger partial charge in [0.05, 0.1) is 12.3 Å². The zero-order chi connectivity index (χ0) is 21.6. The van der Waals surface area contributed by atoms with E-state index in [1.807, 2.05) is 20.8 Å². The molecule has 4 rings (SSSR count). The van der Waals surface area contributed by atoms with Crippen LogP contribution in [0.4, 0.5) is 0 Å². The minimum Gasteiger partial charge on any atom is -0.447 e. The molecule has 10 heteroatoms. The SMILES string of the molecule is CNC(=O)[C@H]1CC(O)CN1C(=O)C(n1cc(-c2ncoc2C2CC2)nn1)C(C)(C)C. The third-order valence-corrected chi connectivity index (χ3v) is 5.73. The van der Waals surface area contributed by atoms with Crippen LogP contribution in [0, 0.1) is 5.41 Å². The molecule has 1 saturated carbocycles. The Kier molecular flexibility index (Phi) is 5.13. The monoisotopic (exact) mass is 416 g/mol. The fourth-order valence-corrected chi connectivity index (χ4v) is 4.10. The lowest BCUT2D eigenvalue weighted by atomic mass is 9.85. The van der Waals surface area contributed by atoms with Crippen LogP contribution in [0.2, 0.25) is 0 Å². The van der Waals surface area contributed by atoms with Gasteiger partial charge in [-0.05, 0) is 18.3 Å². The number of nitrogens with one attached hydrogen (secondary N) is 1. The Labute approximate surface area is 174 Å². The van der Waals surface area contributed by atoms with Crippen molar-refractivity contribution in [1.82, 2.24) is 30.2 Å². The summed E-state index contributed by atoms with van der Waals surface area (Å²) in [5.41, 5.74) is 0.701. The number of nitrogens with zero attached hydrogens (tertiary/aromatic N) is 5. The first-order valence-electron chi connectivity index (χ1n) is 10.3. The highest BCUT2D eigenvalue weighted by Gasteiger charge is 2.45. The molecule has 1 saturated heterocycles. The van der Waals surface area contributed by atoms with Crippen molar-refractivity contribution in [2.24, 2.45) is 5.41 Å². The number of amides is 2. The van der Waals surface area contributed by atoms with E-state index in [-0.39, 0.29) is 24.8 Å². The number of hydrogen-bond donors (Lipinski definition) is 2. The van der Waals surface area contributed by atoms with E-state index in [1.54, 1.807) is 6.20 Å². The van der Waals surface area contributed by atoms with Crippen LogP contribution in [0.25, 0.3) is 11.4 Å². The van der Waals surface area contributed by atoms with E-state index in [0.717, 1.165) is 18.6 Å². The second-order valence-electron chi connectivity index (χ2n) is 9.20. The van der Waals surface area contributed by atoms with Crippen LogP contribution in [-0.4, -0.2) is 67.5 Å². The van der Waals surface area contributed by atoms with Crippen LogP contribution in [-0.2, 0) is 9.59 Å². The first-order chi connectivity index (χ1) is 14.2. The topological polar surface area (TPSA) is 126 Å². The molecule has 2 fully saturated rings. The molecule has 0 bridgehead atoms. The third kappa shape index (κ3) is 3.71. The van der Waals surface area contributed by atoms with Gasteiger partial charge in [-0.15, -0.1) is 5.10 Å². The smallest absolute Gasteiger partial charge is 0.248 e. The molecule has 0 spiro atoms. The van der Waals surface area contributed by atoms with Crippen LogP contribution in [0.5, 0.6) is 0 Å². The number of oxazole rings is 1. The van der Waals surface area contributed by atoms with Crippen LogP contribution >= 0.6 is 0 Å². The van der Waals surface area contributed by atoms with E-state index in [9.17, 15) is 14.7 Å². The van der Waals surface area contributed by atoms with Crippen LogP contribution < -0.4 is 5.32 Å². The van der Waals surface area contributed by atoms with Gasteiger partial charge < -0.3 is 19.7 Å². The molecule has 1 aliphatic carbocycles. The Balaban J connectivity index is 1.65. The fourth-order valence-electron chi connectivity index (χ4n) is 4.10. The zero-order valence-corrected chi connectivity index (χ0v) is 17.7. The maximum Gasteiger partial charge on any atom is 0.248 e. The molecule has 2 unspecified atom stereocenters. The van der Waals surface area contributed by atoms with E-state index in [0.29, 0.717) is 17.3 Å². The summed E-state index contributed by atoms with van der Waals surface area (Å²) in [4.78, 5) is 31.6. The second-order valence-corrected chi connectivity index (χ2v) is 9.20. The van der Waals surface area contributed by atoms with Crippen molar-refractivity contribution in [1.29, 1.82) is 0 Å². The molecule has 0 aromatic carbocycles. The van der Waals surface area contributed by atoms with Crippen molar-refractivity contribution in [3.63, 3.8) is 0 Å². The maximum atomic E-state index is 13.6. The number of β-amino-alcohol motifs (C(OH)–C–C–N with tert-alkyl or cyclic N) is 1. The van der Waals surface area contributed by atoms with Crippen LogP contribution in [0.3, 0.4) is 0 Å². The minimum absolute atomic E-state index is 0.111. The van der Waals surface area contributed by atoms with E-state index < -0.39 is 23.6 Å². The van der Waals surface area contributed by atoms with Crippen molar-refractivity contribution in [3.8, 4) is 11.4 Å². The van der Waals surface area contributed by atoms with E-state index in [1.165, 1.54) is 23.0 Å². The predicted octanol–water partition coefficient (Wildman–Crippen LogP) is 1.11. The summed E-state index contributed by atoms with van der Waals surface area (Å²) in [6, 6.07) is -1.41. The number of carbonyl (C=O) groups excluding carboxylic acids is 2. The molecule has 2 amide bonds. The molecule has 1 aliphatic heterocycles. The summed E-state index contributed by atoms with van der Waals surface area (Å²) in [5.74, 6) is 0.616. The highest BCUT2D eigenvalue weighted by molar-refractivity contribution is 5.90. The Morgan fingerprint density at radius 2 is 2.07 bits per heavy atom. The summed E-state index contributed by atoms with van der Waals surface area (Å²) in [6.45, 7) is 5.91. The molecule has 3 heterocycles. The molecular formula is C20H28N6O4. The van der Waals surface area contributed by atoms with Crippen molar-refractivity contribution in [2.75, 3.05) is 13.6 Å². The van der Waals surface area contributed by atoms with Gasteiger partial charge in [-0.3, -0.25) is 9.59 Å². The van der Waals surface area contributed by atoms with Gasteiger partial charge in [0.2, 0.25) is 11.8 Å². The molecule has 30 heavy (non-hydrogen) atoms. The average Bonchev–Trinajstić information content (AvgIpc) is 3.07. The van der Waals surface area contributed by atoms with Crippen molar-refractivity contribution >= 4 is 11.8 Å². The molecule has 3 atom stereocenters. The number of aromatic nitrogens is 4. The van der Waals surface area contributed by atoms with E-state index in [4.69, 9.17) is 4.42 Å². The fraction of sp³-hybridized carbons (Fsp3) is 0.650. The maximum absolute atomic E-state index is 13.6. The molecule has 0 radical (unpaired) electrons. The number of likely N-dealkylation sites (tertiary alicyclic amines) is 1. The highest BCUT2D eigenvalue weighted by Crippen LogP contribution is 2.44. The van der Waals surface area contributed by atoms with Gasteiger partial charge in [-0.25, -0.2) is 9.67 Å². The van der Waals surface area contributed by atoms with Gasteiger partial charge >= 0.3 is 0 Å². The first-order valence-corrected chi connectivity index (χ1v) is 10.3. The summed E-state index contributed by atoms with van der Waals surface area (Å²) in [7, 11) is 1.52. The largest absolute Gasteiger partial charge is 0.447 e. The van der Waals surface area contributed by atoms with E-state index >= 15 is 0 Å². The summed E-state index contributed by atoms with van der Waals surface area (Å²) >= 11 is 0. The zero-order valence-electron chi connectivity index (χ0n) is 17.7. The predicted molar refractivity (Wildman–Crippen MR) is 106 cm³/mol. The molecule has 2 aliphatic rings. The Hall–Kier alpha value is -2.75. The quantitative estimate of drug-likeness (QED) is 0.747. The number of carbonyl (C=O) groups is 2. The van der Waals surface area contributed by atoms with Crippen molar-refractivity contribution in [3.05, 3.63) is 18.4 Å². The first kappa shape index (κ1) is 20.5. The van der Waals surface area contributed by atoms with Crippen LogP contribution in [0.1, 0.15) is 57.8 Å². The third-order valence-electron chi connectivity index (χ3n) is 5.73. The Morgan fingerprint density at radius 1 is 1.33 bits per heavy atom. The van der Waals surface area contributed by atoms with Crippen LogP contribution in [0.15, 0.2) is 17.0 Å². The lowest BCUT2D eigenvalue weighted by Gasteiger charge is -2.34. The average molecular weight is 416 g/mol. The van der Waals surface area contributed by atoms with Gasteiger partial charge in [-0.2, -0.15) is 0 Å². The van der Waals surface area contributed by atoms with Gasteiger partial charge in [0, 0.05) is 25.9 Å². The van der Waals surface area contributed by atoms with Crippen molar-refractivity contribution < 1.29 is 19.1 Å². The molecule has 162 valence electrons. The number of hydrogen-bond acceptors (Lipinski definition) is 7. The Bertz CT molecular complexity index is 941. The van der Waals surface area contributed by atoms with Gasteiger partial charge in [0.1, 0.15) is 29.2 Å². The molecule has 2 N–H and O–H groups in total. The van der Waals surface area contributed by atoms with Crippen molar-refractivity contribution in [2.45, 2.75) is 64.1 Å². The lowest BCUT2D eigenvalue weighted by molar-refractivity contribution is -0.144. The van der Waals surface area contributed by atoms with Gasteiger partial charge in [-0.1, -0.05) is 26.0 Å². The molecule has 2 aromatic rings.